The lowest BCUT2D eigenvalue weighted by Crippen LogP contribution is -2.23. The zero-order valence-electron chi connectivity index (χ0n) is 8.82. The molecule has 0 amide bonds. The average molecular weight is 264 g/mol. The first kappa shape index (κ1) is 10.7. The molecule has 0 aromatic carbocycles. The van der Waals surface area contributed by atoms with Crippen molar-refractivity contribution in [3.63, 3.8) is 0 Å². The average Bonchev–Trinajstić information content (AvgIpc) is 3.02. The van der Waals surface area contributed by atoms with Crippen LogP contribution in [0.25, 0.3) is 0 Å². The van der Waals surface area contributed by atoms with E-state index in [9.17, 15) is 9.59 Å². The molecule has 1 aliphatic carbocycles. The van der Waals surface area contributed by atoms with Crippen LogP contribution in [0.5, 0.6) is 0 Å². The fourth-order valence-corrected chi connectivity index (χ4v) is 1.89. The molecule has 0 saturated heterocycles. The van der Waals surface area contributed by atoms with Crippen LogP contribution in [-0.2, 0) is 0 Å². The van der Waals surface area contributed by atoms with Crippen molar-refractivity contribution in [2.75, 3.05) is 5.32 Å². The molecule has 0 unspecified atom stereocenters. The minimum Gasteiger partial charge on any atom is -0.336 e. The highest BCUT2D eigenvalue weighted by atomic mass is 35.5. The van der Waals surface area contributed by atoms with E-state index < -0.39 is 11.6 Å². The Morgan fingerprint density at radius 1 is 1.17 bits per heavy atom. The Kier molecular flexibility index (Phi) is 2.27. The second-order valence-corrected chi connectivity index (χ2v) is 3.98. The number of halogens is 1. The zero-order chi connectivity index (χ0) is 12.7. The van der Waals surface area contributed by atoms with Crippen LogP contribution >= 0.6 is 11.6 Å². The van der Waals surface area contributed by atoms with Gasteiger partial charge in [-0.1, -0.05) is 11.6 Å². The number of rotatable bonds is 2. The highest BCUT2D eigenvalue weighted by molar-refractivity contribution is 6.50. The van der Waals surface area contributed by atoms with Crippen molar-refractivity contribution < 1.29 is 9.59 Å². The predicted octanol–water partition coefficient (Wildman–Crippen LogP) is 1.07. The summed E-state index contributed by atoms with van der Waals surface area (Å²) in [5.74, 6) is -0.389. The third kappa shape index (κ3) is 1.45. The van der Waals surface area contributed by atoms with Crippen molar-refractivity contribution in [1.82, 2.24) is 20.4 Å². The van der Waals surface area contributed by atoms with Gasteiger partial charge >= 0.3 is 0 Å². The number of carbonyl (C=O) groups excluding carboxylic acids is 2. The summed E-state index contributed by atoms with van der Waals surface area (Å²) in [5.41, 5.74) is 0.325. The number of hydrogen-bond acceptors (Lipinski definition) is 5. The summed E-state index contributed by atoms with van der Waals surface area (Å²) >= 11 is 5.89. The Bertz CT molecular complexity index is 670. The van der Waals surface area contributed by atoms with Crippen LogP contribution in [0, 0.1) is 0 Å². The molecule has 0 spiro atoms. The molecule has 7 nitrogen and oxygen atoms in total. The van der Waals surface area contributed by atoms with Crippen LogP contribution in [-0.4, -0.2) is 32.0 Å². The van der Waals surface area contributed by atoms with Crippen LogP contribution in [0.3, 0.4) is 0 Å². The molecule has 90 valence electrons. The lowest BCUT2D eigenvalue weighted by Gasteiger charge is -2.14. The molecule has 0 aliphatic heterocycles. The number of aromatic amines is 2. The second kappa shape index (κ2) is 3.81. The topological polar surface area (TPSA) is 104 Å². The van der Waals surface area contributed by atoms with Gasteiger partial charge in [0, 0.05) is 6.07 Å². The minimum atomic E-state index is -0.467. The van der Waals surface area contributed by atoms with Crippen molar-refractivity contribution in [3.8, 4) is 0 Å². The first-order chi connectivity index (χ1) is 8.68. The van der Waals surface area contributed by atoms with Gasteiger partial charge in [-0.05, 0) is 0 Å². The predicted molar refractivity (Wildman–Crippen MR) is 62.3 cm³/mol. The smallest absolute Gasteiger partial charge is 0.225 e. The summed E-state index contributed by atoms with van der Waals surface area (Å²) in [6.07, 6.45) is 2.81. The molecule has 2 aromatic heterocycles. The first-order valence-electron chi connectivity index (χ1n) is 4.97. The highest BCUT2D eigenvalue weighted by Gasteiger charge is 2.33. The van der Waals surface area contributed by atoms with Crippen LogP contribution in [0.4, 0.5) is 5.82 Å². The number of nitrogens with zero attached hydrogens (tertiary/aromatic N) is 2. The molecule has 2 aromatic rings. The molecule has 2 heterocycles. The van der Waals surface area contributed by atoms with Gasteiger partial charge in [-0.3, -0.25) is 19.8 Å². The number of anilines is 1. The second-order valence-electron chi connectivity index (χ2n) is 3.60. The van der Waals surface area contributed by atoms with Crippen molar-refractivity contribution in [2.45, 2.75) is 0 Å². The van der Waals surface area contributed by atoms with E-state index in [1.54, 1.807) is 6.07 Å². The Balaban J connectivity index is 2.06. The van der Waals surface area contributed by atoms with Crippen molar-refractivity contribution in [1.29, 1.82) is 0 Å². The number of allylic oxidation sites excluding steroid dienone is 2. The van der Waals surface area contributed by atoms with Gasteiger partial charge < -0.3 is 5.32 Å². The molecule has 0 saturated carbocycles. The van der Waals surface area contributed by atoms with Gasteiger partial charge in [-0.2, -0.15) is 10.2 Å². The van der Waals surface area contributed by atoms with Gasteiger partial charge in [0.25, 0.3) is 0 Å². The van der Waals surface area contributed by atoms with Gasteiger partial charge in [0.05, 0.1) is 18.0 Å². The molecule has 1 aliphatic rings. The van der Waals surface area contributed by atoms with Gasteiger partial charge in [0.15, 0.2) is 0 Å². The Morgan fingerprint density at radius 3 is 2.72 bits per heavy atom. The van der Waals surface area contributed by atoms with Gasteiger partial charge in [0.1, 0.15) is 22.2 Å². The van der Waals surface area contributed by atoms with Gasteiger partial charge in [0.2, 0.25) is 11.6 Å². The number of Topliss-reactive ketones (excluding diaryl/α,β-unsaturated/α-hetero) is 2. The molecule has 3 rings (SSSR count). The summed E-state index contributed by atoms with van der Waals surface area (Å²) in [5, 5.41) is 15.0. The Hall–Kier alpha value is -2.41. The molecule has 3 N–H and O–H groups in total. The Labute approximate surface area is 105 Å². The molecular weight excluding hydrogens is 258 g/mol. The van der Waals surface area contributed by atoms with Crippen LogP contribution in [0.15, 0.2) is 29.2 Å². The molecule has 0 atom stereocenters. The summed E-state index contributed by atoms with van der Waals surface area (Å²) in [7, 11) is 0. The van der Waals surface area contributed by atoms with E-state index in [2.05, 4.69) is 25.7 Å². The first-order valence-corrected chi connectivity index (χ1v) is 5.35. The summed E-state index contributed by atoms with van der Waals surface area (Å²) < 4.78 is 0. The summed E-state index contributed by atoms with van der Waals surface area (Å²) in [4.78, 5) is 24.0. The number of ketones is 2. The van der Waals surface area contributed by atoms with Crippen molar-refractivity contribution in [2.24, 2.45) is 0 Å². The summed E-state index contributed by atoms with van der Waals surface area (Å²) in [6.45, 7) is 0. The monoisotopic (exact) mass is 263 g/mol. The number of carbonyl (C=O) groups is 2. The van der Waals surface area contributed by atoms with E-state index >= 15 is 0 Å². The molecule has 0 bridgehead atoms. The van der Waals surface area contributed by atoms with E-state index in [-0.39, 0.29) is 22.0 Å². The Morgan fingerprint density at radius 2 is 2.00 bits per heavy atom. The normalized spacial score (nSPS) is 14.9. The van der Waals surface area contributed by atoms with E-state index in [4.69, 9.17) is 11.6 Å². The molecular formula is C10H6ClN5O2. The third-order valence-electron chi connectivity index (χ3n) is 2.52. The van der Waals surface area contributed by atoms with Gasteiger partial charge in [-0.15, -0.1) is 0 Å². The number of H-pyrrole nitrogens is 2. The largest absolute Gasteiger partial charge is 0.336 e. The number of aromatic nitrogens is 4. The maximum atomic E-state index is 12.1. The third-order valence-corrected chi connectivity index (χ3v) is 2.88. The standard InChI is InChI=1S/C10H6ClN5O2/c11-6-8(14-5-1-2-12-15-5)9(17)4-3-13-16-7(4)10(6)18/h1-3H,(H,13,16)(H2,12,14,15). The SMILES string of the molecule is O=C1C(Nc2ccn[nH]2)=C(Cl)C(=O)c2[nH]ncc21. The van der Waals surface area contributed by atoms with E-state index in [0.29, 0.717) is 5.82 Å². The molecule has 0 fully saturated rings. The van der Waals surface area contributed by atoms with E-state index in [1.165, 1.54) is 12.4 Å². The maximum Gasteiger partial charge on any atom is 0.225 e. The molecule has 8 heteroatoms. The zero-order valence-corrected chi connectivity index (χ0v) is 9.58. The summed E-state index contributed by atoms with van der Waals surface area (Å²) in [6, 6.07) is 1.61. The number of fused-ring (bicyclic) bond motifs is 1. The molecule has 0 radical (unpaired) electrons. The lowest BCUT2D eigenvalue weighted by molar-refractivity contribution is 0.0979. The quantitative estimate of drug-likeness (QED) is 0.752. The highest BCUT2D eigenvalue weighted by Crippen LogP contribution is 2.27. The maximum absolute atomic E-state index is 12.1. The van der Waals surface area contributed by atoms with Crippen LogP contribution in [0.2, 0.25) is 0 Å². The van der Waals surface area contributed by atoms with Gasteiger partial charge in [-0.25, -0.2) is 0 Å². The fraction of sp³-hybridized carbons (Fsp3) is 0. The van der Waals surface area contributed by atoms with Crippen LogP contribution < -0.4 is 5.32 Å². The number of hydrogen-bond donors (Lipinski definition) is 3. The van der Waals surface area contributed by atoms with Crippen LogP contribution in [0.1, 0.15) is 20.8 Å². The molecule has 18 heavy (non-hydrogen) atoms. The number of nitrogens with one attached hydrogen (secondary N) is 3. The van der Waals surface area contributed by atoms with E-state index in [0.717, 1.165) is 0 Å². The van der Waals surface area contributed by atoms with Crippen molar-refractivity contribution >= 4 is 29.0 Å². The lowest BCUT2D eigenvalue weighted by atomic mass is 9.99. The fourth-order valence-electron chi connectivity index (χ4n) is 1.66. The minimum absolute atomic E-state index is 0.0137. The van der Waals surface area contributed by atoms with E-state index in [1.807, 2.05) is 0 Å². The van der Waals surface area contributed by atoms with Crippen molar-refractivity contribution in [3.05, 3.63) is 40.4 Å².